The Morgan fingerprint density at radius 3 is 2.32 bits per heavy atom. The Balaban J connectivity index is 1.65. The number of sulfonamides is 1. The van der Waals surface area contributed by atoms with Gasteiger partial charge < -0.3 is 9.64 Å². The molecule has 7 nitrogen and oxygen atoms in total. The fourth-order valence-electron chi connectivity index (χ4n) is 3.86. The van der Waals surface area contributed by atoms with E-state index in [1.54, 1.807) is 54.3 Å². The number of methoxy groups -OCH3 is 1. The monoisotopic (exact) mass is 479 g/mol. The van der Waals surface area contributed by atoms with Crippen LogP contribution in [-0.2, 0) is 10.0 Å². The fourth-order valence-corrected chi connectivity index (χ4v) is 5.53. The van der Waals surface area contributed by atoms with Crippen LogP contribution in [0.4, 0.5) is 5.69 Å². The van der Waals surface area contributed by atoms with Gasteiger partial charge in [-0.05, 0) is 55.5 Å². The van der Waals surface area contributed by atoms with E-state index in [0.29, 0.717) is 35.2 Å². The van der Waals surface area contributed by atoms with Crippen molar-refractivity contribution in [3.8, 4) is 5.88 Å². The number of carbonyl (C=O) groups is 1. The Morgan fingerprint density at radius 2 is 1.71 bits per heavy atom. The predicted molar refractivity (Wildman–Crippen MR) is 132 cm³/mol. The van der Waals surface area contributed by atoms with E-state index in [1.165, 1.54) is 17.6 Å². The standard InChI is InChI=1S/C26H29N3O4S/c1-20-8-6-7-11-24(20)34(31,32)29(23-14-15-25(33-2)27-18-23)17-16-28(19-21-12-13-21)26(30)22-9-4-3-5-10-22/h3-11,14-15,18,21H,12-13,16-17,19H2,1-2H3. The lowest BCUT2D eigenvalue weighted by Gasteiger charge is -2.29. The summed E-state index contributed by atoms with van der Waals surface area (Å²) in [5.74, 6) is 0.775. The third-order valence-electron chi connectivity index (χ3n) is 5.94. The Bertz CT molecular complexity index is 1230. The Morgan fingerprint density at radius 1 is 1.00 bits per heavy atom. The number of hydrogen-bond acceptors (Lipinski definition) is 5. The molecular formula is C26H29N3O4S. The zero-order valence-electron chi connectivity index (χ0n) is 19.4. The molecule has 0 bridgehead atoms. The third-order valence-corrected chi connectivity index (χ3v) is 7.92. The van der Waals surface area contributed by atoms with Crippen molar-refractivity contribution in [1.82, 2.24) is 9.88 Å². The molecule has 1 heterocycles. The van der Waals surface area contributed by atoms with Gasteiger partial charge in [0.2, 0.25) is 5.88 Å². The van der Waals surface area contributed by atoms with Crippen molar-refractivity contribution in [1.29, 1.82) is 0 Å². The zero-order chi connectivity index (χ0) is 24.1. The molecule has 4 rings (SSSR count). The second-order valence-corrected chi connectivity index (χ2v) is 10.3. The summed E-state index contributed by atoms with van der Waals surface area (Å²) in [6.45, 7) is 2.76. The molecule has 0 aliphatic heterocycles. The van der Waals surface area contributed by atoms with Crippen molar-refractivity contribution in [3.63, 3.8) is 0 Å². The van der Waals surface area contributed by atoms with Crippen LogP contribution in [0.2, 0.25) is 0 Å². The van der Waals surface area contributed by atoms with Crippen molar-refractivity contribution >= 4 is 21.6 Å². The second kappa shape index (κ2) is 10.3. The van der Waals surface area contributed by atoms with Crippen LogP contribution < -0.4 is 9.04 Å². The second-order valence-electron chi connectivity index (χ2n) is 8.46. The summed E-state index contributed by atoms with van der Waals surface area (Å²) in [4.78, 5) is 19.4. The number of aryl methyl sites for hydroxylation is 1. The molecule has 3 aromatic rings. The molecule has 1 saturated carbocycles. The first kappa shape index (κ1) is 23.8. The number of anilines is 1. The summed E-state index contributed by atoms with van der Waals surface area (Å²) >= 11 is 0. The Kier molecular flexibility index (Phi) is 7.17. The van der Waals surface area contributed by atoms with Crippen LogP contribution in [0.25, 0.3) is 0 Å². The maximum atomic E-state index is 13.8. The molecule has 1 amide bonds. The van der Waals surface area contributed by atoms with E-state index < -0.39 is 10.0 Å². The highest BCUT2D eigenvalue weighted by Crippen LogP contribution is 2.31. The molecule has 178 valence electrons. The molecule has 0 spiro atoms. The van der Waals surface area contributed by atoms with Gasteiger partial charge in [0, 0.05) is 24.7 Å². The summed E-state index contributed by atoms with van der Waals surface area (Å²) in [6, 6.07) is 19.3. The number of carbonyl (C=O) groups excluding carboxylic acids is 1. The molecular weight excluding hydrogens is 450 g/mol. The summed E-state index contributed by atoms with van der Waals surface area (Å²) in [5.41, 5.74) is 1.68. The lowest BCUT2D eigenvalue weighted by atomic mass is 10.2. The third kappa shape index (κ3) is 5.39. The van der Waals surface area contributed by atoms with Gasteiger partial charge in [-0.2, -0.15) is 0 Å². The Labute approximate surface area is 201 Å². The van der Waals surface area contributed by atoms with Crippen LogP contribution in [0.3, 0.4) is 0 Å². The average molecular weight is 480 g/mol. The first-order valence-electron chi connectivity index (χ1n) is 11.3. The molecule has 34 heavy (non-hydrogen) atoms. The number of amides is 1. The molecule has 0 radical (unpaired) electrons. The van der Waals surface area contributed by atoms with Gasteiger partial charge in [-0.3, -0.25) is 9.10 Å². The molecule has 0 unspecified atom stereocenters. The number of benzene rings is 2. The van der Waals surface area contributed by atoms with Crippen molar-refractivity contribution in [2.45, 2.75) is 24.7 Å². The minimum atomic E-state index is -3.89. The number of hydrogen-bond donors (Lipinski definition) is 0. The van der Waals surface area contributed by atoms with Crippen LogP contribution >= 0.6 is 0 Å². The van der Waals surface area contributed by atoms with Gasteiger partial charge in [-0.15, -0.1) is 0 Å². The van der Waals surface area contributed by atoms with E-state index in [2.05, 4.69) is 4.98 Å². The van der Waals surface area contributed by atoms with Gasteiger partial charge in [0.15, 0.2) is 0 Å². The predicted octanol–water partition coefficient (Wildman–Crippen LogP) is 4.15. The van der Waals surface area contributed by atoms with Gasteiger partial charge in [0.25, 0.3) is 15.9 Å². The van der Waals surface area contributed by atoms with E-state index >= 15 is 0 Å². The highest BCUT2D eigenvalue weighted by Gasteiger charge is 2.31. The van der Waals surface area contributed by atoms with Crippen LogP contribution in [0.5, 0.6) is 5.88 Å². The summed E-state index contributed by atoms with van der Waals surface area (Å²) in [5, 5.41) is 0. The number of ether oxygens (including phenoxy) is 1. The number of aromatic nitrogens is 1. The van der Waals surface area contributed by atoms with E-state index in [-0.39, 0.29) is 23.9 Å². The first-order chi connectivity index (χ1) is 16.4. The van der Waals surface area contributed by atoms with Gasteiger partial charge in [-0.1, -0.05) is 36.4 Å². The molecule has 0 saturated heterocycles. The average Bonchev–Trinajstić information content (AvgIpc) is 3.68. The van der Waals surface area contributed by atoms with E-state index in [9.17, 15) is 13.2 Å². The van der Waals surface area contributed by atoms with Gasteiger partial charge >= 0.3 is 0 Å². The summed E-state index contributed by atoms with van der Waals surface area (Å²) < 4.78 is 34.0. The molecule has 1 aliphatic carbocycles. The minimum absolute atomic E-state index is 0.0893. The molecule has 1 fully saturated rings. The normalized spacial score (nSPS) is 13.4. The molecule has 2 aromatic carbocycles. The zero-order valence-corrected chi connectivity index (χ0v) is 20.2. The van der Waals surface area contributed by atoms with Crippen molar-refractivity contribution < 1.29 is 17.9 Å². The Hall–Kier alpha value is -3.39. The van der Waals surface area contributed by atoms with Crippen molar-refractivity contribution in [2.75, 3.05) is 31.0 Å². The highest BCUT2D eigenvalue weighted by molar-refractivity contribution is 7.92. The molecule has 0 N–H and O–H groups in total. The van der Waals surface area contributed by atoms with E-state index in [0.717, 1.165) is 12.8 Å². The number of nitrogens with zero attached hydrogens (tertiary/aromatic N) is 3. The maximum Gasteiger partial charge on any atom is 0.264 e. The fraction of sp³-hybridized carbons (Fsp3) is 0.308. The smallest absolute Gasteiger partial charge is 0.264 e. The van der Waals surface area contributed by atoms with Gasteiger partial charge in [-0.25, -0.2) is 13.4 Å². The largest absolute Gasteiger partial charge is 0.481 e. The van der Waals surface area contributed by atoms with Crippen LogP contribution in [0, 0.1) is 12.8 Å². The van der Waals surface area contributed by atoms with Crippen molar-refractivity contribution in [2.24, 2.45) is 5.92 Å². The van der Waals surface area contributed by atoms with Crippen LogP contribution in [0.1, 0.15) is 28.8 Å². The number of rotatable bonds is 10. The summed E-state index contributed by atoms with van der Waals surface area (Å²) in [7, 11) is -2.38. The minimum Gasteiger partial charge on any atom is -0.481 e. The van der Waals surface area contributed by atoms with Crippen LogP contribution in [0.15, 0.2) is 77.8 Å². The SMILES string of the molecule is COc1ccc(N(CCN(CC2CC2)C(=O)c2ccccc2)S(=O)(=O)c2ccccc2C)cn1. The first-order valence-corrected chi connectivity index (χ1v) is 12.8. The summed E-state index contributed by atoms with van der Waals surface area (Å²) in [6.07, 6.45) is 3.66. The molecule has 8 heteroatoms. The molecule has 1 aromatic heterocycles. The molecule has 0 atom stereocenters. The van der Waals surface area contributed by atoms with E-state index in [4.69, 9.17) is 4.74 Å². The lowest BCUT2D eigenvalue weighted by Crippen LogP contribution is -2.42. The highest BCUT2D eigenvalue weighted by atomic mass is 32.2. The topological polar surface area (TPSA) is 79.8 Å². The van der Waals surface area contributed by atoms with Crippen molar-refractivity contribution in [3.05, 3.63) is 84.1 Å². The quantitative estimate of drug-likeness (QED) is 0.437. The van der Waals surface area contributed by atoms with Crippen LogP contribution in [-0.4, -0.2) is 51.0 Å². The lowest BCUT2D eigenvalue weighted by molar-refractivity contribution is 0.0753. The number of pyridine rings is 1. The van der Waals surface area contributed by atoms with Gasteiger partial charge in [0.05, 0.1) is 30.4 Å². The molecule has 1 aliphatic rings. The van der Waals surface area contributed by atoms with E-state index in [1.807, 2.05) is 24.3 Å². The maximum absolute atomic E-state index is 13.8. The van der Waals surface area contributed by atoms with Gasteiger partial charge in [0.1, 0.15) is 0 Å².